The number of rotatable bonds is 4. The predicted molar refractivity (Wildman–Crippen MR) is 89.9 cm³/mol. The number of amides is 1. The number of carbonyl (C=O) groups excluding carboxylic acids is 1. The average Bonchev–Trinajstić information content (AvgIpc) is 3.02. The first kappa shape index (κ1) is 17.6. The first-order chi connectivity index (χ1) is 10.3. The second kappa shape index (κ2) is 7.20. The molecule has 1 saturated heterocycles. The van der Waals surface area contributed by atoms with Gasteiger partial charge in [-0.05, 0) is 64.8 Å². The molecule has 0 aromatic rings. The average molecular weight is 310 g/mol. The molecule has 2 rings (SSSR count). The Morgan fingerprint density at radius 1 is 1.23 bits per heavy atom. The maximum Gasteiger partial charge on any atom is 0.410 e. The molecule has 4 nitrogen and oxygen atoms in total. The third kappa shape index (κ3) is 4.61. The minimum Gasteiger partial charge on any atom is -0.444 e. The Kier molecular flexibility index (Phi) is 5.76. The van der Waals surface area contributed by atoms with E-state index >= 15 is 0 Å². The normalized spacial score (nSPS) is 29.4. The molecule has 128 valence electrons. The van der Waals surface area contributed by atoms with E-state index in [1.54, 1.807) is 0 Å². The van der Waals surface area contributed by atoms with Gasteiger partial charge in [-0.25, -0.2) is 4.79 Å². The van der Waals surface area contributed by atoms with Crippen molar-refractivity contribution in [2.45, 2.75) is 84.4 Å². The molecule has 1 aliphatic carbocycles. The highest BCUT2D eigenvalue weighted by atomic mass is 16.6. The van der Waals surface area contributed by atoms with Gasteiger partial charge in [0.1, 0.15) is 5.60 Å². The lowest BCUT2D eigenvalue weighted by Crippen LogP contribution is -2.48. The van der Waals surface area contributed by atoms with Crippen molar-refractivity contribution in [2.75, 3.05) is 13.1 Å². The molecular formula is C18H34N2O2. The Bertz CT molecular complexity index is 376. The highest BCUT2D eigenvalue weighted by molar-refractivity contribution is 5.69. The number of nitrogens with zero attached hydrogens (tertiary/aromatic N) is 1. The van der Waals surface area contributed by atoms with Crippen LogP contribution in [-0.2, 0) is 4.74 Å². The van der Waals surface area contributed by atoms with Crippen molar-refractivity contribution in [2.24, 2.45) is 11.8 Å². The zero-order valence-corrected chi connectivity index (χ0v) is 15.0. The molecule has 3 unspecified atom stereocenters. The van der Waals surface area contributed by atoms with Crippen molar-refractivity contribution in [1.29, 1.82) is 0 Å². The highest BCUT2D eigenvalue weighted by Gasteiger charge is 2.41. The summed E-state index contributed by atoms with van der Waals surface area (Å²) in [6.07, 6.45) is 5.88. The number of nitrogens with one attached hydrogen (secondary N) is 1. The topological polar surface area (TPSA) is 41.6 Å². The van der Waals surface area contributed by atoms with Crippen LogP contribution < -0.4 is 5.32 Å². The van der Waals surface area contributed by atoms with Gasteiger partial charge < -0.3 is 15.0 Å². The van der Waals surface area contributed by atoms with E-state index in [0.717, 1.165) is 25.9 Å². The van der Waals surface area contributed by atoms with Gasteiger partial charge in [0.15, 0.2) is 0 Å². The second-order valence-electron chi connectivity index (χ2n) is 8.39. The zero-order chi connectivity index (χ0) is 16.3. The fourth-order valence-corrected chi connectivity index (χ4v) is 3.87. The van der Waals surface area contributed by atoms with Gasteiger partial charge >= 0.3 is 6.09 Å². The van der Waals surface area contributed by atoms with Gasteiger partial charge in [-0.3, -0.25) is 0 Å². The molecule has 0 aromatic carbocycles. The summed E-state index contributed by atoms with van der Waals surface area (Å²) in [6.45, 7) is 12.3. The fraction of sp³-hybridized carbons (Fsp3) is 0.944. The van der Waals surface area contributed by atoms with Gasteiger partial charge in [0.2, 0.25) is 0 Å². The van der Waals surface area contributed by atoms with Crippen LogP contribution in [0.3, 0.4) is 0 Å². The molecular weight excluding hydrogens is 276 g/mol. The van der Waals surface area contributed by atoms with Gasteiger partial charge in [-0.15, -0.1) is 0 Å². The van der Waals surface area contributed by atoms with Gasteiger partial charge in [0.25, 0.3) is 0 Å². The third-order valence-electron chi connectivity index (χ3n) is 4.78. The van der Waals surface area contributed by atoms with Crippen LogP contribution in [-0.4, -0.2) is 41.8 Å². The van der Waals surface area contributed by atoms with E-state index in [-0.39, 0.29) is 6.09 Å². The molecule has 1 saturated carbocycles. The molecule has 4 heteroatoms. The lowest BCUT2D eigenvalue weighted by Gasteiger charge is -2.34. The van der Waals surface area contributed by atoms with Crippen LogP contribution in [0.4, 0.5) is 4.79 Å². The second-order valence-corrected chi connectivity index (χ2v) is 8.39. The van der Waals surface area contributed by atoms with E-state index in [4.69, 9.17) is 4.74 Å². The van der Waals surface area contributed by atoms with Gasteiger partial charge in [-0.1, -0.05) is 20.3 Å². The van der Waals surface area contributed by atoms with Crippen molar-refractivity contribution in [3.05, 3.63) is 0 Å². The Morgan fingerprint density at radius 3 is 2.59 bits per heavy atom. The summed E-state index contributed by atoms with van der Waals surface area (Å²) in [5.41, 5.74) is -0.408. The smallest absolute Gasteiger partial charge is 0.410 e. The lowest BCUT2D eigenvalue weighted by molar-refractivity contribution is 0.0166. The van der Waals surface area contributed by atoms with Crippen molar-refractivity contribution < 1.29 is 9.53 Å². The van der Waals surface area contributed by atoms with Crippen molar-refractivity contribution in [3.63, 3.8) is 0 Å². The van der Waals surface area contributed by atoms with Crippen LogP contribution in [0, 0.1) is 11.8 Å². The summed E-state index contributed by atoms with van der Waals surface area (Å²) in [4.78, 5) is 14.5. The Morgan fingerprint density at radius 2 is 1.95 bits per heavy atom. The number of hydrogen-bond donors (Lipinski definition) is 1. The van der Waals surface area contributed by atoms with Crippen LogP contribution in [0.1, 0.15) is 66.7 Å². The minimum atomic E-state index is -0.408. The standard InChI is InChI=1S/C18H34N2O2/c1-13(2)12-19-15-9-6-8-14(15)16-10-7-11-20(16)17(21)22-18(3,4)5/h13-16,19H,6-12H2,1-5H3. The fourth-order valence-electron chi connectivity index (χ4n) is 3.87. The summed E-state index contributed by atoms with van der Waals surface area (Å²) in [7, 11) is 0. The molecule has 2 fully saturated rings. The van der Waals surface area contributed by atoms with Crippen LogP contribution in [0.25, 0.3) is 0 Å². The van der Waals surface area contributed by atoms with E-state index in [9.17, 15) is 4.79 Å². The van der Waals surface area contributed by atoms with Crippen LogP contribution in [0.15, 0.2) is 0 Å². The van der Waals surface area contributed by atoms with Crippen LogP contribution in [0.2, 0.25) is 0 Å². The van der Waals surface area contributed by atoms with Crippen molar-refractivity contribution in [1.82, 2.24) is 10.2 Å². The SMILES string of the molecule is CC(C)CNC1CCCC1C1CCCN1C(=O)OC(C)(C)C. The molecule has 22 heavy (non-hydrogen) atoms. The molecule has 2 aliphatic rings. The molecule has 0 bridgehead atoms. The van der Waals surface area contributed by atoms with Crippen molar-refractivity contribution >= 4 is 6.09 Å². The summed E-state index contributed by atoms with van der Waals surface area (Å²) in [6, 6.07) is 0.928. The van der Waals surface area contributed by atoms with Crippen molar-refractivity contribution in [3.8, 4) is 0 Å². The molecule has 0 spiro atoms. The molecule has 3 atom stereocenters. The van der Waals surface area contributed by atoms with E-state index in [0.29, 0.717) is 23.9 Å². The Balaban J connectivity index is 1.98. The number of carbonyl (C=O) groups is 1. The van der Waals surface area contributed by atoms with Crippen LogP contribution >= 0.6 is 0 Å². The molecule has 0 radical (unpaired) electrons. The molecule has 1 amide bonds. The van der Waals surface area contributed by atoms with E-state index in [1.165, 1.54) is 19.3 Å². The summed E-state index contributed by atoms with van der Waals surface area (Å²) >= 11 is 0. The first-order valence-corrected chi connectivity index (χ1v) is 9.01. The number of likely N-dealkylation sites (tertiary alicyclic amines) is 1. The maximum absolute atomic E-state index is 12.5. The quantitative estimate of drug-likeness (QED) is 0.858. The summed E-state index contributed by atoms with van der Waals surface area (Å²) < 4.78 is 5.61. The molecule has 0 aromatic heterocycles. The van der Waals surface area contributed by atoms with Gasteiger partial charge in [-0.2, -0.15) is 0 Å². The summed E-state index contributed by atoms with van der Waals surface area (Å²) in [5, 5.41) is 3.74. The minimum absolute atomic E-state index is 0.121. The molecule has 1 N–H and O–H groups in total. The van der Waals surface area contributed by atoms with E-state index < -0.39 is 5.60 Å². The van der Waals surface area contributed by atoms with E-state index in [2.05, 4.69) is 19.2 Å². The monoisotopic (exact) mass is 310 g/mol. The first-order valence-electron chi connectivity index (χ1n) is 9.01. The number of ether oxygens (including phenoxy) is 1. The Labute approximate surface area is 136 Å². The highest BCUT2D eigenvalue weighted by Crippen LogP contribution is 2.36. The Hall–Kier alpha value is -0.770. The lowest BCUT2D eigenvalue weighted by atomic mass is 9.92. The van der Waals surface area contributed by atoms with Gasteiger partial charge in [0, 0.05) is 18.6 Å². The summed E-state index contributed by atoms with van der Waals surface area (Å²) in [5.74, 6) is 1.26. The zero-order valence-electron chi connectivity index (χ0n) is 15.0. The molecule has 1 heterocycles. The maximum atomic E-state index is 12.5. The third-order valence-corrected chi connectivity index (χ3v) is 4.78. The van der Waals surface area contributed by atoms with E-state index in [1.807, 2.05) is 25.7 Å². The van der Waals surface area contributed by atoms with Crippen LogP contribution in [0.5, 0.6) is 0 Å². The molecule has 1 aliphatic heterocycles. The largest absolute Gasteiger partial charge is 0.444 e. The van der Waals surface area contributed by atoms with Gasteiger partial charge in [0.05, 0.1) is 0 Å². The predicted octanol–water partition coefficient (Wildman–Crippen LogP) is 3.80. The number of hydrogen-bond acceptors (Lipinski definition) is 3.